The topological polar surface area (TPSA) is 60.2 Å². The Kier molecular flexibility index (Phi) is 4.69. The summed E-state index contributed by atoms with van der Waals surface area (Å²) in [7, 11) is 1.65. The molecule has 3 aromatic rings. The number of hydrogen-bond acceptors (Lipinski definition) is 4. The lowest BCUT2D eigenvalue weighted by Gasteiger charge is -2.34. The SMILES string of the molecule is C=CC(=O)N1CCn2nc(-c3ccc(OC)cc3)c(-c3ccncc3)c2C1C. The standard InChI is InChI=1S/C22H22N4O2/c1-4-19(27)25-13-14-26-22(15(25)2)20(16-9-11-23-12-10-16)21(24-26)17-5-7-18(28-3)8-6-17/h4-12,15H,1,13-14H2,2-3H3. The Morgan fingerprint density at radius 1 is 1.14 bits per heavy atom. The number of aromatic nitrogens is 3. The van der Waals surface area contributed by atoms with Crippen molar-refractivity contribution in [1.82, 2.24) is 19.7 Å². The second-order valence-corrected chi connectivity index (χ2v) is 6.71. The third-order valence-electron chi connectivity index (χ3n) is 5.20. The summed E-state index contributed by atoms with van der Waals surface area (Å²) >= 11 is 0. The Morgan fingerprint density at radius 3 is 2.50 bits per heavy atom. The minimum absolute atomic E-state index is 0.0633. The van der Waals surface area contributed by atoms with E-state index in [1.165, 1.54) is 6.08 Å². The average molecular weight is 374 g/mol. The molecule has 0 saturated carbocycles. The van der Waals surface area contributed by atoms with Crippen LogP contribution in [-0.2, 0) is 11.3 Å². The molecule has 1 aliphatic rings. The number of carbonyl (C=O) groups is 1. The van der Waals surface area contributed by atoms with Crippen LogP contribution in [0.2, 0.25) is 0 Å². The lowest BCUT2D eigenvalue weighted by molar-refractivity contribution is -0.129. The summed E-state index contributed by atoms with van der Waals surface area (Å²) in [5.74, 6) is 0.737. The van der Waals surface area contributed by atoms with E-state index in [0.29, 0.717) is 13.1 Å². The van der Waals surface area contributed by atoms with Crippen LogP contribution < -0.4 is 4.74 Å². The lowest BCUT2D eigenvalue weighted by Crippen LogP contribution is -2.40. The van der Waals surface area contributed by atoms with E-state index in [4.69, 9.17) is 9.84 Å². The van der Waals surface area contributed by atoms with E-state index in [1.807, 2.05) is 52.9 Å². The molecule has 4 rings (SSSR count). The van der Waals surface area contributed by atoms with Crippen LogP contribution in [0.4, 0.5) is 0 Å². The number of nitrogens with zero attached hydrogens (tertiary/aromatic N) is 4. The van der Waals surface area contributed by atoms with Gasteiger partial charge in [0, 0.05) is 30.1 Å². The number of hydrogen-bond donors (Lipinski definition) is 0. The number of fused-ring (bicyclic) bond motifs is 1. The second-order valence-electron chi connectivity index (χ2n) is 6.71. The Morgan fingerprint density at radius 2 is 1.86 bits per heavy atom. The number of rotatable bonds is 4. The van der Waals surface area contributed by atoms with Crippen LogP contribution in [0.15, 0.2) is 61.4 Å². The van der Waals surface area contributed by atoms with Crippen molar-refractivity contribution in [2.24, 2.45) is 0 Å². The fourth-order valence-corrected chi connectivity index (χ4v) is 3.79. The molecule has 28 heavy (non-hydrogen) atoms. The highest BCUT2D eigenvalue weighted by Crippen LogP contribution is 2.40. The third kappa shape index (κ3) is 2.97. The molecule has 0 aliphatic carbocycles. The summed E-state index contributed by atoms with van der Waals surface area (Å²) in [6.45, 7) is 6.94. The van der Waals surface area contributed by atoms with Crippen LogP contribution in [0.5, 0.6) is 5.75 Å². The number of methoxy groups -OCH3 is 1. The highest BCUT2D eigenvalue weighted by molar-refractivity contribution is 5.88. The van der Waals surface area contributed by atoms with Crippen molar-refractivity contribution in [3.63, 3.8) is 0 Å². The average Bonchev–Trinajstić information content (AvgIpc) is 3.14. The molecule has 6 heteroatoms. The van der Waals surface area contributed by atoms with Gasteiger partial charge in [-0.1, -0.05) is 6.58 Å². The van der Waals surface area contributed by atoms with E-state index in [-0.39, 0.29) is 11.9 Å². The van der Waals surface area contributed by atoms with Gasteiger partial charge in [0.15, 0.2) is 0 Å². The summed E-state index contributed by atoms with van der Waals surface area (Å²) in [6.07, 6.45) is 4.92. The molecule has 1 atom stereocenters. The zero-order valence-corrected chi connectivity index (χ0v) is 16.0. The van der Waals surface area contributed by atoms with Gasteiger partial charge in [0.1, 0.15) is 11.4 Å². The zero-order chi connectivity index (χ0) is 19.7. The lowest BCUT2D eigenvalue weighted by atomic mass is 9.96. The molecule has 1 aromatic carbocycles. The first-order valence-corrected chi connectivity index (χ1v) is 9.22. The molecule has 0 saturated heterocycles. The predicted octanol–water partition coefficient (Wildman–Crippen LogP) is 3.71. The van der Waals surface area contributed by atoms with Gasteiger partial charge in [-0.2, -0.15) is 5.10 Å². The maximum atomic E-state index is 12.3. The maximum Gasteiger partial charge on any atom is 0.246 e. The molecule has 2 aromatic heterocycles. The predicted molar refractivity (Wildman–Crippen MR) is 108 cm³/mol. The second kappa shape index (κ2) is 7.31. The number of ether oxygens (including phenoxy) is 1. The molecule has 0 radical (unpaired) electrons. The Labute approximate surface area is 164 Å². The first-order chi connectivity index (χ1) is 13.6. The van der Waals surface area contributed by atoms with Crippen molar-refractivity contribution in [1.29, 1.82) is 0 Å². The van der Waals surface area contributed by atoms with Crippen LogP contribution >= 0.6 is 0 Å². The maximum absolute atomic E-state index is 12.3. The Balaban J connectivity index is 1.91. The number of pyridine rings is 1. The molecule has 6 nitrogen and oxygen atoms in total. The molecule has 0 fully saturated rings. The normalized spacial score (nSPS) is 15.8. The van der Waals surface area contributed by atoms with Gasteiger partial charge >= 0.3 is 0 Å². The summed E-state index contributed by atoms with van der Waals surface area (Å²) in [5, 5.41) is 4.91. The van der Waals surface area contributed by atoms with Crippen LogP contribution in [-0.4, -0.2) is 39.2 Å². The minimum atomic E-state index is -0.109. The smallest absolute Gasteiger partial charge is 0.246 e. The van der Waals surface area contributed by atoms with Crippen molar-refractivity contribution in [3.8, 4) is 28.1 Å². The van der Waals surface area contributed by atoms with E-state index >= 15 is 0 Å². The summed E-state index contributed by atoms with van der Waals surface area (Å²) in [5.41, 5.74) is 4.98. The van der Waals surface area contributed by atoms with Crippen molar-refractivity contribution in [3.05, 3.63) is 67.1 Å². The Bertz CT molecular complexity index is 1010. The fraction of sp³-hybridized carbons (Fsp3) is 0.227. The minimum Gasteiger partial charge on any atom is -0.497 e. The van der Waals surface area contributed by atoms with Gasteiger partial charge in [0.05, 0.1) is 25.4 Å². The van der Waals surface area contributed by atoms with Crippen molar-refractivity contribution < 1.29 is 9.53 Å². The molecule has 1 amide bonds. The summed E-state index contributed by atoms with van der Waals surface area (Å²) in [6, 6.07) is 11.7. The molecular formula is C22H22N4O2. The Hall–Kier alpha value is -3.41. The van der Waals surface area contributed by atoms with Gasteiger partial charge in [-0.15, -0.1) is 0 Å². The molecular weight excluding hydrogens is 352 g/mol. The largest absolute Gasteiger partial charge is 0.497 e. The third-order valence-corrected chi connectivity index (χ3v) is 5.20. The fourth-order valence-electron chi connectivity index (χ4n) is 3.79. The van der Waals surface area contributed by atoms with Crippen LogP contribution in [0.3, 0.4) is 0 Å². The quantitative estimate of drug-likeness (QED) is 0.653. The summed E-state index contributed by atoms with van der Waals surface area (Å²) < 4.78 is 7.30. The van der Waals surface area contributed by atoms with Gasteiger partial charge in [-0.25, -0.2) is 0 Å². The molecule has 3 heterocycles. The highest BCUT2D eigenvalue weighted by atomic mass is 16.5. The zero-order valence-electron chi connectivity index (χ0n) is 16.0. The number of carbonyl (C=O) groups excluding carboxylic acids is 1. The number of benzene rings is 1. The van der Waals surface area contributed by atoms with Crippen molar-refractivity contribution in [2.45, 2.75) is 19.5 Å². The summed E-state index contributed by atoms with van der Waals surface area (Å²) in [4.78, 5) is 18.3. The molecule has 0 spiro atoms. The first kappa shape index (κ1) is 18.0. The molecule has 142 valence electrons. The van der Waals surface area contributed by atoms with E-state index < -0.39 is 0 Å². The van der Waals surface area contributed by atoms with Crippen molar-refractivity contribution in [2.75, 3.05) is 13.7 Å². The van der Waals surface area contributed by atoms with Gasteiger partial charge < -0.3 is 9.64 Å². The molecule has 0 N–H and O–H groups in total. The molecule has 1 unspecified atom stereocenters. The van der Waals surface area contributed by atoms with Crippen LogP contribution in [0, 0.1) is 0 Å². The first-order valence-electron chi connectivity index (χ1n) is 9.22. The van der Waals surface area contributed by atoms with Gasteiger partial charge in [0.2, 0.25) is 5.91 Å². The van der Waals surface area contributed by atoms with E-state index in [0.717, 1.165) is 33.8 Å². The van der Waals surface area contributed by atoms with Gasteiger partial charge in [0.25, 0.3) is 0 Å². The molecule has 1 aliphatic heterocycles. The monoisotopic (exact) mass is 374 g/mol. The van der Waals surface area contributed by atoms with Crippen LogP contribution in [0.25, 0.3) is 22.4 Å². The highest BCUT2D eigenvalue weighted by Gasteiger charge is 2.32. The number of amides is 1. The van der Waals surface area contributed by atoms with E-state index in [9.17, 15) is 4.79 Å². The van der Waals surface area contributed by atoms with E-state index in [2.05, 4.69) is 11.6 Å². The van der Waals surface area contributed by atoms with Crippen LogP contribution in [0.1, 0.15) is 18.7 Å². The van der Waals surface area contributed by atoms with E-state index in [1.54, 1.807) is 19.5 Å². The van der Waals surface area contributed by atoms with Gasteiger partial charge in [-0.3, -0.25) is 14.5 Å². The van der Waals surface area contributed by atoms with Gasteiger partial charge in [-0.05, 0) is 55.0 Å². The molecule has 0 bridgehead atoms. The van der Waals surface area contributed by atoms with Crippen molar-refractivity contribution >= 4 is 5.91 Å².